The van der Waals surface area contributed by atoms with E-state index in [0.717, 1.165) is 0 Å². The molecule has 0 saturated carbocycles. The minimum atomic E-state index is -4.57. The van der Waals surface area contributed by atoms with E-state index in [1.165, 1.54) is 18.7 Å². The topological polar surface area (TPSA) is 66.3 Å². The number of carboxylic acid groups (broad SMARTS) is 1. The number of aromatic nitrogens is 2. The van der Waals surface area contributed by atoms with E-state index in [2.05, 4.69) is 10.2 Å². The highest BCUT2D eigenvalue weighted by molar-refractivity contribution is 7.15. The second kappa shape index (κ2) is 4.71. The third-order valence-corrected chi connectivity index (χ3v) is 3.39. The third kappa shape index (κ3) is 2.71. The maximum atomic E-state index is 12.4. The quantitative estimate of drug-likeness (QED) is 0.918. The van der Waals surface area contributed by atoms with Crippen molar-refractivity contribution in [1.82, 2.24) is 10.2 Å². The number of alkyl halides is 3. The number of rotatable bonds is 4. The third-order valence-electron chi connectivity index (χ3n) is 2.40. The van der Waals surface area contributed by atoms with E-state index in [1.807, 2.05) is 0 Å². The summed E-state index contributed by atoms with van der Waals surface area (Å²) in [5.41, 5.74) is -1.35. The molecule has 0 unspecified atom stereocenters. The summed E-state index contributed by atoms with van der Waals surface area (Å²) in [6, 6.07) is 0. The molecule has 0 fully saturated rings. The predicted octanol–water partition coefficient (Wildman–Crippen LogP) is 2.25. The van der Waals surface area contributed by atoms with Crippen molar-refractivity contribution in [2.75, 3.05) is 11.4 Å². The Kier molecular flexibility index (Phi) is 3.84. The van der Waals surface area contributed by atoms with Crippen molar-refractivity contribution in [2.45, 2.75) is 32.5 Å². The van der Waals surface area contributed by atoms with Gasteiger partial charge < -0.3 is 10.0 Å². The Balaban J connectivity index is 3.12. The van der Waals surface area contributed by atoms with Crippen LogP contribution in [-0.2, 0) is 11.0 Å². The lowest BCUT2D eigenvalue weighted by atomic mass is 10.0. The van der Waals surface area contributed by atoms with Gasteiger partial charge in [-0.15, -0.1) is 10.2 Å². The van der Waals surface area contributed by atoms with Crippen LogP contribution < -0.4 is 4.90 Å². The highest BCUT2D eigenvalue weighted by Crippen LogP contribution is 2.36. The van der Waals surface area contributed by atoms with E-state index in [-0.39, 0.29) is 11.7 Å². The lowest BCUT2D eigenvalue weighted by Gasteiger charge is -2.33. The second-order valence-electron chi connectivity index (χ2n) is 4.00. The number of halogens is 3. The molecule has 0 bridgehead atoms. The van der Waals surface area contributed by atoms with Crippen LogP contribution in [0, 0.1) is 0 Å². The fraction of sp³-hybridized carbons (Fsp3) is 0.667. The van der Waals surface area contributed by atoms with Gasteiger partial charge in [-0.05, 0) is 20.8 Å². The van der Waals surface area contributed by atoms with Crippen LogP contribution in [-0.4, -0.2) is 33.4 Å². The molecule has 0 spiro atoms. The van der Waals surface area contributed by atoms with Gasteiger partial charge in [0.25, 0.3) is 0 Å². The van der Waals surface area contributed by atoms with Crippen molar-refractivity contribution < 1.29 is 23.1 Å². The fourth-order valence-electron chi connectivity index (χ4n) is 1.32. The second-order valence-corrected chi connectivity index (χ2v) is 4.95. The first kappa shape index (κ1) is 14.7. The van der Waals surface area contributed by atoms with E-state index in [0.29, 0.717) is 11.3 Å². The number of aliphatic carboxylic acids is 1. The Bertz CT molecular complexity index is 445. The number of nitrogens with zero attached hydrogens (tertiary/aromatic N) is 3. The molecule has 0 atom stereocenters. The molecule has 0 aliphatic rings. The largest absolute Gasteiger partial charge is 0.480 e. The molecule has 18 heavy (non-hydrogen) atoms. The summed E-state index contributed by atoms with van der Waals surface area (Å²) in [5.74, 6) is -1.15. The summed E-state index contributed by atoms with van der Waals surface area (Å²) in [4.78, 5) is 12.4. The van der Waals surface area contributed by atoms with Crippen molar-refractivity contribution in [3.05, 3.63) is 5.01 Å². The van der Waals surface area contributed by atoms with Gasteiger partial charge in [0.2, 0.25) is 10.1 Å². The molecule has 9 heteroatoms. The molecule has 0 aromatic carbocycles. The number of carboxylic acids is 1. The summed E-state index contributed by atoms with van der Waals surface area (Å²) in [7, 11) is 0. The Morgan fingerprint density at radius 2 is 1.94 bits per heavy atom. The summed E-state index contributed by atoms with van der Waals surface area (Å²) in [5, 5.41) is 14.4. The SMILES string of the molecule is CCN(c1nnc(C(F)(F)F)s1)C(C)(C)C(=O)O. The first-order valence-electron chi connectivity index (χ1n) is 5.02. The molecule has 0 amide bonds. The molecule has 0 aliphatic carbocycles. The van der Waals surface area contributed by atoms with Crippen molar-refractivity contribution in [3.8, 4) is 0 Å². The summed E-state index contributed by atoms with van der Waals surface area (Å²) in [6.45, 7) is 4.64. The predicted molar refractivity (Wildman–Crippen MR) is 59.6 cm³/mol. The zero-order valence-electron chi connectivity index (χ0n) is 9.95. The molecule has 0 saturated heterocycles. The van der Waals surface area contributed by atoms with E-state index in [9.17, 15) is 18.0 Å². The number of hydrogen-bond donors (Lipinski definition) is 1. The van der Waals surface area contributed by atoms with Gasteiger partial charge in [-0.25, -0.2) is 4.79 Å². The van der Waals surface area contributed by atoms with Gasteiger partial charge in [0.15, 0.2) is 0 Å². The van der Waals surface area contributed by atoms with Crippen LogP contribution in [0.2, 0.25) is 0 Å². The Hall–Kier alpha value is -1.38. The van der Waals surface area contributed by atoms with Crippen LogP contribution in [0.3, 0.4) is 0 Å². The van der Waals surface area contributed by atoms with Gasteiger partial charge in [0, 0.05) is 6.54 Å². The smallest absolute Gasteiger partial charge is 0.445 e. The summed E-state index contributed by atoms with van der Waals surface area (Å²) in [6.07, 6.45) is -4.57. The first-order chi connectivity index (χ1) is 8.10. The maximum absolute atomic E-state index is 12.4. The van der Waals surface area contributed by atoms with Crippen molar-refractivity contribution in [2.24, 2.45) is 0 Å². The average Bonchev–Trinajstić information content (AvgIpc) is 2.66. The molecule has 1 aromatic rings. The molecule has 0 radical (unpaired) electrons. The molecule has 1 aromatic heterocycles. The van der Waals surface area contributed by atoms with E-state index in [4.69, 9.17) is 5.11 Å². The van der Waals surface area contributed by atoms with Crippen LogP contribution in [0.15, 0.2) is 0 Å². The van der Waals surface area contributed by atoms with Crippen LogP contribution in [0.25, 0.3) is 0 Å². The van der Waals surface area contributed by atoms with Gasteiger partial charge in [-0.1, -0.05) is 11.3 Å². The number of anilines is 1. The Labute approximate surface area is 105 Å². The fourth-order valence-corrected chi connectivity index (χ4v) is 2.24. The summed E-state index contributed by atoms with van der Waals surface area (Å²) >= 11 is 0.332. The zero-order valence-corrected chi connectivity index (χ0v) is 10.8. The van der Waals surface area contributed by atoms with Gasteiger partial charge in [-0.2, -0.15) is 13.2 Å². The molecule has 1 heterocycles. The molecular formula is C9H12F3N3O2S. The maximum Gasteiger partial charge on any atom is 0.445 e. The zero-order chi connectivity index (χ0) is 14.1. The van der Waals surface area contributed by atoms with Crippen LogP contribution in [0.5, 0.6) is 0 Å². The van der Waals surface area contributed by atoms with Crippen molar-refractivity contribution in [3.63, 3.8) is 0 Å². The van der Waals surface area contributed by atoms with E-state index >= 15 is 0 Å². The molecule has 1 rings (SSSR count). The molecule has 102 valence electrons. The molecule has 5 nitrogen and oxygen atoms in total. The van der Waals surface area contributed by atoms with Crippen LogP contribution in [0.4, 0.5) is 18.3 Å². The van der Waals surface area contributed by atoms with Crippen LogP contribution in [0.1, 0.15) is 25.8 Å². The normalized spacial score (nSPS) is 12.6. The van der Waals surface area contributed by atoms with Gasteiger partial charge >= 0.3 is 12.1 Å². The minimum absolute atomic E-state index is 0.0581. The van der Waals surface area contributed by atoms with Gasteiger partial charge in [0.1, 0.15) is 5.54 Å². The standard InChI is InChI=1S/C9H12F3N3O2S/c1-4-15(8(2,3)6(16)17)7-14-13-5(18-7)9(10,11)12/h4H2,1-3H3,(H,16,17). The van der Waals surface area contributed by atoms with E-state index in [1.54, 1.807) is 6.92 Å². The van der Waals surface area contributed by atoms with Gasteiger partial charge in [0.05, 0.1) is 0 Å². The molecule has 0 aliphatic heterocycles. The highest BCUT2D eigenvalue weighted by Gasteiger charge is 2.39. The first-order valence-corrected chi connectivity index (χ1v) is 5.84. The molecule has 1 N–H and O–H groups in total. The Morgan fingerprint density at radius 1 is 1.39 bits per heavy atom. The average molecular weight is 283 g/mol. The molecular weight excluding hydrogens is 271 g/mol. The minimum Gasteiger partial charge on any atom is -0.480 e. The Morgan fingerprint density at radius 3 is 2.28 bits per heavy atom. The van der Waals surface area contributed by atoms with E-state index < -0.39 is 22.7 Å². The monoisotopic (exact) mass is 283 g/mol. The highest BCUT2D eigenvalue weighted by atomic mass is 32.1. The van der Waals surface area contributed by atoms with Gasteiger partial charge in [-0.3, -0.25) is 0 Å². The van der Waals surface area contributed by atoms with Crippen molar-refractivity contribution in [1.29, 1.82) is 0 Å². The number of carbonyl (C=O) groups is 1. The van der Waals surface area contributed by atoms with Crippen molar-refractivity contribution >= 4 is 22.4 Å². The summed E-state index contributed by atoms with van der Waals surface area (Å²) < 4.78 is 37.2. The lowest BCUT2D eigenvalue weighted by Crippen LogP contribution is -2.50. The number of hydrogen-bond acceptors (Lipinski definition) is 5. The number of likely N-dealkylation sites (N-methyl/N-ethyl adjacent to an activating group) is 1. The lowest BCUT2D eigenvalue weighted by molar-refractivity contribution is -0.142. The van der Waals surface area contributed by atoms with Crippen LogP contribution >= 0.6 is 11.3 Å².